The van der Waals surface area contributed by atoms with Crippen molar-refractivity contribution in [2.45, 2.75) is 32.1 Å². The summed E-state index contributed by atoms with van der Waals surface area (Å²) in [7, 11) is 0. The molecule has 4 heteroatoms. The number of benzene rings is 1. The van der Waals surface area contributed by atoms with Crippen LogP contribution in [0.3, 0.4) is 0 Å². The molecule has 4 rings (SSSR count). The molecule has 0 atom stereocenters. The van der Waals surface area contributed by atoms with E-state index >= 15 is 0 Å². The zero-order valence-corrected chi connectivity index (χ0v) is 11.5. The van der Waals surface area contributed by atoms with Crippen LogP contribution in [0.25, 0.3) is 0 Å². The Morgan fingerprint density at radius 2 is 1.90 bits per heavy atom. The van der Waals surface area contributed by atoms with Gasteiger partial charge in [0, 0.05) is 11.1 Å². The van der Waals surface area contributed by atoms with E-state index in [1.54, 1.807) is 12.1 Å². The first-order chi connectivity index (χ1) is 9.48. The van der Waals surface area contributed by atoms with Gasteiger partial charge < -0.3 is 0 Å². The highest BCUT2D eigenvalue weighted by Crippen LogP contribution is 2.86. The molecule has 2 aromatic rings. The number of hydrogen-bond donors (Lipinski definition) is 0. The van der Waals surface area contributed by atoms with Crippen LogP contribution in [0, 0.1) is 25.1 Å². The summed E-state index contributed by atoms with van der Waals surface area (Å²) in [6, 6.07) is 8.47. The fourth-order valence-electron chi connectivity index (χ4n) is 3.53. The number of carbonyl (C=O) groups is 1. The number of carbonyl (C=O) groups excluding carboxylic acids is 1. The van der Waals surface area contributed by atoms with Gasteiger partial charge in [0.25, 0.3) is 5.91 Å². The molecular formula is C16H15FN2O. The molecule has 1 heterocycles. The number of nitrogens with zero attached hydrogens (tertiary/aromatic N) is 2. The van der Waals surface area contributed by atoms with Gasteiger partial charge in [-0.25, -0.2) is 9.07 Å². The number of aromatic nitrogens is 2. The van der Waals surface area contributed by atoms with Crippen LogP contribution in [-0.4, -0.2) is 15.7 Å². The third kappa shape index (κ3) is 1.29. The first-order valence-corrected chi connectivity index (χ1v) is 6.83. The van der Waals surface area contributed by atoms with Crippen molar-refractivity contribution in [2.24, 2.45) is 5.41 Å². The molecule has 0 spiro atoms. The van der Waals surface area contributed by atoms with Crippen molar-refractivity contribution in [3.05, 3.63) is 53.1 Å². The molecule has 2 fully saturated rings. The van der Waals surface area contributed by atoms with Gasteiger partial charge in [0.1, 0.15) is 5.82 Å². The lowest BCUT2D eigenvalue weighted by Gasteiger charge is -2.03. The van der Waals surface area contributed by atoms with Crippen LogP contribution in [0.15, 0.2) is 30.3 Å². The van der Waals surface area contributed by atoms with E-state index in [1.807, 2.05) is 19.9 Å². The lowest BCUT2D eigenvalue weighted by atomic mass is 10.0. The SMILES string of the molecule is Cc1cc(C)n(C(=O)C23CC2(c2ccc(F)cc2)C3)n1. The van der Waals surface area contributed by atoms with E-state index in [1.165, 1.54) is 16.8 Å². The number of halogens is 1. The zero-order valence-electron chi connectivity index (χ0n) is 11.5. The van der Waals surface area contributed by atoms with Crippen LogP contribution in [0.1, 0.15) is 34.6 Å². The summed E-state index contributed by atoms with van der Waals surface area (Å²) in [6.07, 6.45) is 1.73. The Labute approximate surface area is 116 Å². The minimum atomic E-state index is -0.284. The van der Waals surface area contributed by atoms with Crippen molar-refractivity contribution < 1.29 is 9.18 Å². The predicted octanol–water partition coefficient (Wildman–Crippen LogP) is 3.01. The molecule has 0 radical (unpaired) electrons. The average molecular weight is 270 g/mol. The second-order valence-corrected chi connectivity index (χ2v) is 6.17. The minimum Gasteiger partial charge on any atom is -0.272 e. The van der Waals surface area contributed by atoms with E-state index < -0.39 is 0 Å². The summed E-state index contributed by atoms with van der Waals surface area (Å²) in [5, 5.41) is 4.29. The van der Waals surface area contributed by atoms with Crippen molar-refractivity contribution >= 4 is 5.91 Å². The van der Waals surface area contributed by atoms with Crippen molar-refractivity contribution in [3.8, 4) is 0 Å². The summed E-state index contributed by atoms with van der Waals surface area (Å²) < 4.78 is 14.5. The summed E-state index contributed by atoms with van der Waals surface area (Å²) >= 11 is 0. The molecule has 0 amide bonds. The Balaban J connectivity index is 1.66. The number of fused-ring (bicyclic) bond motifs is 1. The molecule has 20 heavy (non-hydrogen) atoms. The van der Waals surface area contributed by atoms with E-state index in [-0.39, 0.29) is 22.6 Å². The fraction of sp³-hybridized carbons (Fsp3) is 0.375. The standard InChI is InChI=1S/C16H15FN2O/c1-10-7-11(2)19(18-10)14(20)16-8-15(16,9-16)12-3-5-13(17)6-4-12/h3-7H,8-9H2,1-2H3. The zero-order chi connectivity index (χ0) is 14.1. The summed E-state index contributed by atoms with van der Waals surface area (Å²) in [4.78, 5) is 12.7. The molecule has 102 valence electrons. The maximum absolute atomic E-state index is 13.0. The van der Waals surface area contributed by atoms with E-state index in [0.29, 0.717) is 0 Å². The number of hydrogen-bond acceptors (Lipinski definition) is 2. The topological polar surface area (TPSA) is 34.9 Å². The summed E-state index contributed by atoms with van der Waals surface area (Å²) in [5.74, 6) is -0.144. The van der Waals surface area contributed by atoms with E-state index in [0.717, 1.165) is 29.8 Å². The van der Waals surface area contributed by atoms with Gasteiger partial charge in [-0.3, -0.25) is 4.79 Å². The molecule has 0 aliphatic heterocycles. The van der Waals surface area contributed by atoms with Gasteiger partial charge in [-0.2, -0.15) is 5.10 Å². The highest BCUT2D eigenvalue weighted by Gasteiger charge is 2.87. The van der Waals surface area contributed by atoms with Crippen LogP contribution >= 0.6 is 0 Å². The summed E-state index contributed by atoms with van der Waals surface area (Å²) in [5.41, 5.74) is 2.49. The van der Waals surface area contributed by atoms with Gasteiger partial charge in [0.2, 0.25) is 0 Å². The van der Waals surface area contributed by atoms with Crippen molar-refractivity contribution in [1.29, 1.82) is 0 Å². The number of aryl methyl sites for hydroxylation is 2. The molecule has 2 aliphatic rings. The largest absolute Gasteiger partial charge is 0.272 e. The summed E-state index contributed by atoms with van der Waals surface area (Å²) in [6.45, 7) is 3.79. The lowest BCUT2D eigenvalue weighted by Crippen LogP contribution is -2.20. The Morgan fingerprint density at radius 3 is 2.45 bits per heavy atom. The van der Waals surface area contributed by atoms with Gasteiger partial charge in [-0.1, -0.05) is 12.1 Å². The second kappa shape index (κ2) is 3.37. The molecule has 2 aliphatic carbocycles. The number of rotatable bonds is 2. The van der Waals surface area contributed by atoms with Crippen LogP contribution in [0.4, 0.5) is 4.39 Å². The Kier molecular flexibility index (Phi) is 1.99. The maximum atomic E-state index is 13.0. The van der Waals surface area contributed by atoms with Crippen LogP contribution in [-0.2, 0) is 5.41 Å². The maximum Gasteiger partial charge on any atom is 0.254 e. The Bertz CT molecular complexity index is 723. The monoisotopic (exact) mass is 270 g/mol. The molecule has 0 saturated heterocycles. The van der Waals surface area contributed by atoms with Gasteiger partial charge in [-0.15, -0.1) is 0 Å². The Hall–Kier alpha value is -1.97. The van der Waals surface area contributed by atoms with Gasteiger partial charge in [-0.05, 0) is 50.5 Å². The predicted molar refractivity (Wildman–Crippen MR) is 72.1 cm³/mol. The van der Waals surface area contributed by atoms with Crippen molar-refractivity contribution in [1.82, 2.24) is 9.78 Å². The van der Waals surface area contributed by atoms with E-state index in [2.05, 4.69) is 5.10 Å². The molecule has 0 unspecified atom stereocenters. The molecule has 0 bridgehead atoms. The van der Waals surface area contributed by atoms with Gasteiger partial charge in [0.05, 0.1) is 11.1 Å². The molecular weight excluding hydrogens is 255 g/mol. The lowest BCUT2D eigenvalue weighted by molar-refractivity contribution is 0.0832. The van der Waals surface area contributed by atoms with Gasteiger partial charge in [0.15, 0.2) is 0 Å². The third-order valence-corrected chi connectivity index (χ3v) is 4.88. The average Bonchev–Trinajstić information content (AvgIpc) is 3.18. The third-order valence-electron chi connectivity index (χ3n) is 4.88. The molecule has 1 aromatic heterocycles. The minimum absolute atomic E-state index is 0.0515. The first-order valence-electron chi connectivity index (χ1n) is 6.83. The highest BCUT2D eigenvalue weighted by atomic mass is 19.1. The molecule has 1 aromatic carbocycles. The van der Waals surface area contributed by atoms with Crippen LogP contribution in [0.2, 0.25) is 0 Å². The molecule has 0 N–H and O–H groups in total. The molecule has 2 saturated carbocycles. The van der Waals surface area contributed by atoms with Crippen molar-refractivity contribution in [2.75, 3.05) is 0 Å². The van der Waals surface area contributed by atoms with Crippen molar-refractivity contribution in [3.63, 3.8) is 0 Å². The normalized spacial score (nSPS) is 29.9. The van der Waals surface area contributed by atoms with E-state index in [9.17, 15) is 9.18 Å². The van der Waals surface area contributed by atoms with E-state index in [4.69, 9.17) is 0 Å². The first kappa shape index (κ1) is 11.8. The second-order valence-electron chi connectivity index (χ2n) is 6.17. The fourth-order valence-corrected chi connectivity index (χ4v) is 3.53. The quantitative estimate of drug-likeness (QED) is 0.840. The Morgan fingerprint density at radius 1 is 1.25 bits per heavy atom. The van der Waals surface area contributed by atoms with Crippen LogP contribution in [0.5, 0.6) is 0 Å². The molecule has 3 nitrogen and oxygen atoms in total. The van der Waals surface area contributed by atoms with Crippen LogP contribution < -0.4 is 0 Å². The highest BCUT2D eigenvalue weighted by molar-refractivity contribution is 5.96. The van der Waals surface area contributed by atoms with Gasteiger partial charge >= 0.3 is 0 Å². The smallest absolute Gasteiger partial charge is 0.254 e.